The van der Waals surface area contributed by atoms with Crippen molar-refractivity contribution in [3.63, 3.8) is 0 Å². The van der Waals surface area contributed by atoms with Crippen molar-refractivity contribution >= 4 is 17.4 Å². The molecule has 0 aliphatic carbocycles. The summed E-state index contributed by atoms with van der Waals surface area (Å²) in [7, 11) is 1.70. The van der Waals surface area contributed by atoms with Gasteiger partial charge < -0.3 is 10.1 Å². The minimum atomic E-state index is -0.248. The third-order valence-electron chi connectivity index (χ3n) is 2.85. The fraction of sp³-hybridized carbons (Fsp3) is 0.692. The van der Waals surface area contributed by atoms with Gasteiger partial charge in [0.05, 0.1) is 5.60 Å². The molecule has 0 unspecified atom stereocenters. The van der Waals surface area contributed by atoms with Crippen LogP contribution >= 0.6 is 11.6 Å². The van der Waals surface area contributed by atoms with E-state index in [1.807, 2.05) is 34.6 Å². The molecule has 0 saturated heterocycles. The van der Waals surface area contributed by atoms with Crippen LogP contribution in [0.25, 0.3) is 0 Å². The molecule has 1 heterocycles. The normalized spacial score (nSPS) is 12.0. The van der Waals surface area contributed by atoms with Crippen LogP contribution in [-0.2, 0) is 4.74 Å². The van der Waals surface area contributed by atoms with Crippen molar-refractivity contribution in [2.45, 2.75) is 46.1 Å². The summed E-state index contributed by atoms with van der Waals surface area (Å²) in [4.78, 5) is 8.79. The fourth-order valence-corrected chi connectivity index (χ4v) is 1.48. The van der Waals surface area contributed by atoms with Crippen molar-refractivity contribution in [1.29, 1.82) is 0 Å². The maximum absolute atomic E-state index is 6.12. The number of rotatable bonds is 5. The zero-order chi connectivity index (χ0) is 13.9. The lowest BCUT2D eigenvalue weighted by Gasteiger charge is -2.24. The van der Waals surface area contributed by atoms with Gasteiger partial charge >= 0.3 is 0 Å². The molecule has 0 aliphatic rings. The molecule has 0 spiro atoms. The van der Waals surface area contributed by atoms with Gasteiger partial charge in [-0.3, -0.25) is 0 Å². The number of anilines is 1. The Bertz CT molecular complexity index is 419. The van der Waals surface area contributed by atoms with Crippen LogP contribution in [0.5, 0.6) is 0 Å². The lowest BCUT2D eigenvalue weighted by molar-refractivity contribution is 0.0343. The average Bonchev–Trinajstić information content (AvgIpc) is 2.30. The minimum absolute atomic E-state index is 0.248. The van der Waals surface area contributed by atoms with Gasteiger partial charge in [-0.1, -0.05) is 25.4 Å². The highest BCUT2D eigenvalue weighted by molar-refractivity contribution is 6.30. The Labute approximate surface area is 114 Å². The molecule has 18 heavy (non-hydrogen) atoms. The van der Waals surface area contributed by atoms with Gasteiger partial charge in [0.1, 0.15) is 16.8 Å². The summed E-state index contributed by atoms with van der Waals surface area (Å²) >= 11 is 6.12. The molecule has 0 aromatic carbocycles. The van der Waals surface area contributed by atoms with Crippen molar-refractivity contribution in [3.8, 4) is 0 Å². The maximum Gasteiger partial charge on any atom is 0.137 e. The molecule has 102 valence electrons. The number of hydrogen-bond donors (Lipinski definition) is 1. The van der Waals surface area contributed by atoms with Gasteiger partial charge in [0.25, 0.3) is 0 Å². The van der Waals surface area contributed by atoms with Gasteiger partial charge in [-0.15, -0.1) is 0 Å². The van der Waals surface area contributed by atoms with E-state index in [4.69, 9.17) is 16.3 Å². The van der Waals surface area contributed by atoms with Gasteiger partial charge in [-0.25, -0.2) is 9.97 Å². The number of hydrogen-bond acceptors (Lipinski definition) is 4. The maximum atomic E-state index is 6.12. The zero-order valence-corrected chi connectivity index (χ0v) is 12.7. The highest BCUT2D eigenvalue weighted by Crippen LogP contribution is 2.23. The molecular formula is C13H22ClN3O. The van der Waals surface area contributed by atoms with E-state index in [1.165, 1.54) is 0 Å². The van der Waals surface area contributed by atoms with Crippen molar-refractivity contribution in [1.82, 2.24) is 9.97 Å². The first kappa shape index (κ1) is 15.2. The van der Waals surface area contributed by atoms with Crippen LogP contribution in [0.15, 0.2) is 0 Å². The molecule has 0 fully saturated rings. The smallest absolute Gasteiger partial charge is 0.137 e. The average molecular weight is 272 g/mol. The molecule has 1 aromatic heterocycles. The summed E-state index contributed by atoms with van der Waals surface area (Å²) < 4.78 is 5.37. The molecular weight excluding hydrogens is 250 g/mol. The Hall–Kier alpha value is -0.870. The molecule has 4 nitrogen and oxygen atoms in total. The molecule has 0 amide bonds. The summed E-state index contributed by atoms with van der Waals surface area (Å²) in [5, 5.41) is 3.79. The predicted molar refractivity (Wildman–Crippen MR) is 75.4 cm³/mol. The molecule has 5 heteroatoms. The van der Waals surface area contributed by atoms with E-state index < -0.39 is 0 Å². The Morgan fingerprint density at radius 1 is 1.33 bits per heavy atom. The first-order chi connectivity index (χ1) is 8.26. The second-order valence-corrected chi connectivity index (χ2v) is 5.68. The largest absolute Gasteiger partial charge is 0.377 e. The predicted octanol–water partition coefficient (Wildman–Crippen LogP) is 3.40. The topological polar surface area (TPSA) is 47.0 Å². The van der Waals surface area contributed by atoms with Gasteiger partial charge in [0.15, 0.2) is 0 Å². The van der Waals surface area contributed by atoms with Crippen LogP contribution in [0.3, 0.4) is 0 Å². The Morgan fingerprint density at radius 2 is 1.94 bits per heavy atom. The van der Waals surface area contributed by atoms with Crippen molar-refractivity contribution in [3.05, 3.63) is 16.5 Å². The minimum Gasteiger partial charge on any atom is -0.377 e. The van der Waals surface area contributed by atoms with E-state index in [0.717, 1.165) is 17.2 Å². The van der Waals surface area contributed by atoms with Gasteiger partial charge in [0.2, 0.25) is 0 Å². The Kier molecular flexibility index (Phi) is 4.93. The summed E-state index contributed by atoms with van der Waals surface area (Å²) in [6, 6.07) is 0. The van der Waals surface area contributed by atoms with E-state index in [2.05, 4.69) is 15.3 Å². The first-order valence-electron chi connectivity index (χ1n) is 6.10. The van der Waals surface area contributed by atoms with Crippen LogP contribution in [0, 0.1) is 6.92 Å². The number of halogens is 1. The monoisotopic (exact) mass is 271 g/mol. The summed E-state index contributed by atoms with van der Waals surface area (Å²) in [6.07, 6.45) is 0. The molecule has 0 bridgehead atoms. The van der Waals surface area contributed by atoms with Crippen molar-refractivity contribution in [2.24, 2.45) is 0 Å². The number of nitrogens with zero attached hydrogens (tertiary/aromatic N) is 2. The van der Waals surface area contributed by atoms with Crippen LogP contribution in [0.2, 0.25) is 5.15 Å². The van der Waals surface area contributed by atoms with E-state index >= 15 is 0 Å². The summed E-state index contributed by atoms with van der Waals surface area (Å²) in [5.74, 6) is 1.78. The van der Waals surface area contributed by atoms with Crippen LogP contribution in [-0.4, -0.2) is 29.2 Å². The summed E-state index contributed by atoms with van der Waals surface area (Å²) in [5.41, 5.74) is 0.620. The van der Waals surface area contributed by atoms with Crippen molar-refractivity contribution in [2.75, 3.05) is 19.0 Å². The standard InChI is InChI=1S/C13H22ClN3O/c1-8(2)11-16-10(14)9(3)12(17-11)15-7-13(4,5)18-6/h8H,7H2,1-6H3,(H,15,16,17). The summed E-state index contributed by atoms with van der Waals surface area (Å²) in [6.45, 7) is 10.7. The molecule has 0 atom stereocenters. The second-order valence-electron chi connectivity index (χ2n) is 5.32. The number of methoxy groups -OCH3 is 1. The molecule has 1 rings (SSSR count). The third-order valence-corrected chi connectivity index (χ3v) is 3.22. The SMILES string of the molecule is COC(C)(C)CNc1nc(C(C)C)nc(Cl)c1C. The first-order valence-corrected chi connectivity index (χ1v) is 6.47. The van der Waals surface area contributed by atoms with E-state index in [9.17, 15) is 0 Å². The van der Waals surface area contributed by atoms with E-state index in [1.54, 1.807) is 7.11 Å². The number of ether oxygens (including phenoxy) is 1. The highest BCUT2D eigenvalue weighted by Gasteiger charge is 2.18. The van der Waals surface area contributed by atoms with Gasteiger partial charge in [-0.2, -0.15) is 0 Å². The number of nitrogens with one attached hydrogen (secondary N) is 1. The van der Waals surface area contributed by atoms with Crippen molar-refractivity contribution < 1.29 is 4.74 Å². The fourth-order valence-electron chi connectivity index (χ4n) is 1.30. The van der Waals surface area contributed by atoms with Crippen LogP contribution in [0.1, 0.15) is 45.0 Å². The zero-order valence-electron chi connectivity index (χ0n) is 12.0. The number of aromatic nitrogens is 2. The lowest BCUT2D eigenvalue weighted by atomic mass is 10.1. The molecule has 0 saturated carbocycles. The molecule has 0 radical (unpaired) electrons. The van der Waals surface area contributed by atoms with Crippen LogP contribution < -0.4 is 5.32 Å². The Morgan fingerprint density at radius 3 is 2.44 bits per heavy atom. The molecule has 0 aliphatic heterocycles. The van der Waals surface area contributed by atoms with Gasteiger partial charge in [0, 0.05) is 25.1 Å². The van der Waals surface area contributed by atoms with E-state index in [0.29, 0.717) is 11.7 Å². The van der Waals surface area contributed by atoms with Gasteiger partial charge in [-0.05, 0) is 20.8 Å². The van der Waals surface area contributed by atoms with Crippen LogP contribution in [0.4, 0.5) is 5.82 Å². The third kappa shape index (κ3) is 3.82. The lowest BCUT2D eigenvalue weighted by Crippen LogP contribution is -2.32. The quantitative estimate of drug-likeness (QED) is 0.834. The molecule has 1 aromatic rings. The van der Waals surface area contributed by atoms with E-state index in [-0.39, 0.29) is 11.5 Å². The molecule has 1 N–H and O–H groups in total. The Balaban J connectivity index is 2.94. The highest BCUT2D eigenvalue weighted by atomic mass is 35.5. The second kappa shape index (κ2) is 5.85.